The van der Waals surface area contributed by atoms with Crippen LogP contribution in [0.2, 0.25) is 0 Å². The molecule has 25 heavy (non-hydrogen) atoms. The molecule has 2 aromatic carbocycles. The quantitative estimate of drug-likeness (QED) is 0.874. The lowest BCUT2D eigenvalue weighted by atomic mass is 10.1. The molecule has 0 unspecified atom stereocenters. The summed E-state index contributed by atoms with van der Waals surface area (Å²) >= 11 is 0. The zero-order chi connectivity index (χ0) is 17.6. The zero-order valence-electron chi connectivity index (χ0n) is 14.8. The van der Waals surface area contributed by atoms with E-state index in [-0.39, 0.29) is 6.03 Å². The second kappa shape index (κ2) is 7.92. The normalized spacial score (nSPS) is 16.6. The summed E-state index contributed by atoms with van der Waals surface area (Å²) in [4.78, 5) is 14.4. The van der Waals surface area contributed by atoms with Crippen LogP contribution in [0, 0.1) is 12.8 Å². The van der Waals surface area contributed by atoms with Crippen molar-refractivity contribution in [3.63, 3.8) is 0 Å². The highest BCUT2D eigenvalue weighted by atomic mass is 16.5. The number of nitrogens with zero attached hydrogens (tertiary/aromatic N) is 1. The molecule has 5 nitrogen and oxygen atoms in total. The molecule has 3 rings (SSSR count). The van der Waals surface area contributed by atoms with Crippen molar-refractivity contribution in [2.24, 2.45) is 5.92 Å². The topological polar surface area (TPSA) is 53.6 Å². The van der Waals surface area contributed by atoms with Gasteiger partial charge in [0.05, 0.1) is 7.11 Å². The van der Waals surface area contributed by atoms with E-state index in [1.54, 1.807) is 7.11 Å². The minimum Gasteiger partial charge on any atom is -0.497 e. The van der Waals surface area contributed by atoms with E-state index in [1.165, 1.54) is 11.3 Å². The van der Waals surface area contributed by atoms with Crippen molar-refractivity contribution >= 4 is 17.4 Å². The molecular weight excluding hydrogens is 314 g/mol. The minimum absolute atomic E-state index is 0.149. The van der Waals surface area contributed by atoms with Gasteiger partial charge in [-0.2, -0.15) is 0 Å². The van der Waals surface area contributed by atoms with Gasteiger partial charge in [-0.25, -0.2) is 4.79 Å². The Morgan fingerprint density at radius 1 is 1.24 bits per heavy atom. The van der Waals surface area contributed by atoms with E-state index in [2.05, 4.69) is 27.7 Å². The van der Waals surface area contributed by atoms with Gasteiger partial charge >= 0.3 is 6.03 Å². The molecule has 132 valence electrons. The summed E-state index contributed by atoms with van der Waals surface area (Å²) in [7, 11) is 1.68. The van der Waals surface area contributed by atoms with E-state index in [9.17, 15) is 4.79 Å². The van der Waals surface area contributed by atoms with Gasteiger partial charge in [-0.15, -0.1) is 0 Å². The number of ether oxygens (including phenoxy) is 1. The van der Waals surface area contributed by atoms with Gasteiger partial charge in [0.2, 0.25) is 0 Å². The van der Waals surface area contributed by atoms with Crippen LogP contribution in [0.15, 0.2) is 48.5 Å². The third-order valence-electron chi connectivity index (χ3n) is 4.57. The summed E-state index contributed by atoms with van der Waals surface area (Å²) in [6.45, 7) is 4.65. The second-order valence-corrected chi connectivity index (χ2v) is 6.50. The molecule has 2 N–H and O–H groups in total. The molecular formula is C20H25N3O2. The lowest BCUT2D eigenvalue weighted by molar-refractivity contribution is 0.250. The lowest BCUT2D eigenvalue weighted by Gasteiger charge is -2.19. The molecule has 0 aromatic heterocycles. The monoisotopic (exact) mass is 339 g/mol. The molecule has 0 radical (unpaired) electrons. The number of anilines is 2. The average Bonchev–Trinajstić information content (AvgIpc) is 3.11. The van der Waals surface area contributed by atoms with Crippen LogP contribution in [0.25, 0.3) is 0 Å². The number of hydrogen-bond acceptors (Lipinski definition) is 3. The van der Waals surface area contributed by atoms with Crippen LogP contribution < -0.4 is 20.3 Å². The van der Waals surface area contributed by atoms with Crippen molar-refractivity contribution in [2.45, 2.75) is 13.3 Å². The fourth-order valence-electron chi connectivity index (χ4n) is 3.09. The van der Waals surface area contributed by atoms with Crippen LogP contribution in [0.1, 0.15) is 12.0 Å². The van der Waals surface area contributed by atoms with Crippen LogP contribution >= 0.6 is 0 Å². The fraction of sp³-hybridized carbons (Fsp3) is 0.350. The zero-order valence-corrected chi connectivity index (χ0v) is 14.8. The Labute approximate surface area is 149 Å². The van der Waals surface area contributed by atoms with Gasteiger partial charge in [0.25, 0.3) is 0 Å². The smallest absolute Gasteiger partial charge is 0.319 e. The number of nitrogens with one attached hydrogen (secondary N) is 2. The maximum atomic E-state index is 12.0. The second-order valence-electron chi connectivity index (χ2n) is 6.50. The van der Waals surface area contributed by atoms with Gasteiger partial charge in [-0.3, -0.25) is 0 Å². The van der Waals surface area contributed by atoms with Crippen molar-refractivity contribution in [1.29, 1.82) is 0 Å². The Morgan fingerprint density at radius 2 is 2.04 bits per heavy atom. The van der Waals surface area contributed by atoms with Gasteiger partial charge in [0.15, 0.2) is 0 Å². The number of hydrogen-bond donors (Lipinski definition) is 2. The Morgan fingerprint density at radius 3 is 2.80 bits per heavy atom. The Balaban J connectivity index is 1.46. The van der Waals surface area contributed by atoms with Gasteiger partial charge in [0, 0.05) is 37.1 Å². The maximum absolute atomic E-state index is 12.0. The Hall–Kier alpha value is -2.69. The molecule has 0 saturated carbocycles. The molecule has 1 aliphatic heterocycles. The van der Waals surface area contributed by atoms with Crippen LogP contribution in [-0.4, -0.2) is 32.8 Å². The van der Waals surface area contributed by atoms with Crippen molar-refractivity contribution in [1.82, 2.24) is 5.32 Å². The Bertz CT molecular complexity index is 715. The summed E-state index contributed by atoms with van der Waals surface area (Å²) in [6, 6.07) is 15.8. The molecule has 2 amide bonds. The van der Waals surface area contributed by atoms with Crippen molar-refractivity contribution in [3.05, 3.63) is 54.1 Å². The van der Waals surface area contributed by atoms with Gasteiger partial charge in [0.1, 0.15) is 5.75 Å². The van der Waals surface area contributed by atoms with E-state index in [0.717, 1.165) is 30.9 Å². The van der Waals surface area contributed by atoms with Crippen LogP contribution in [-0.2, 0) is 0 Å². The van der Waals surface area contributed by atoms with Crippen LogP contribution in [0.3, 0.4) is 0 Å². The number of urea groups is 1. The maximum Gasteiger partial charge on any atom is 0.319 e. The summed E-state index contributed by atoms with van der Waals surface area (Å²) < 4.78 is 5.29. The predicted molar refractivity (Wildman–Crippen MR) is 102 cm³/mol. The molecule has 1 atom stereocenters. The van der Waals surface area contributed by atoms with Crippen molar-refractivity contribution in [3.8, 4) is 5.75 Å². The lowest BCUT2D eigenvalue weighted by Crippen LogP contribution is -2.34. The molecule has 1 fully saturated rings. The third-order valence-corrected chi connectivity index (χ3v) is 4.57. The van der Waals surface area contributed by atoms with E-state index < -0.39 is 0 Å². The number of benzene rings is 2. The average molecular weight is 339 g/mol. The first-order valence-corrected chi connectivity index (χ1v) is 8.64. The van der Waals surface area contributed by atoms with Gasteiger partial charge < -0.3 is 20.3 Å². The van der Waals surface area contributed by atoms with E-state index >= 15 is 0 Å². The molecule has 1 aliphatic rings. The number of rotatable bonds is 5. The summed E-state index contributed by atoms with van der Waals surface area (Å²) in [6.07, 6.45) is 1.07. The molecule has 0 bridgehead atoms. The van der Waals surface area contributed by atoms with Gasteiger partial charge in [-0.1, -0.05) is 23.8 Å². The molecule has 2 aromatic rings. The number of amides is 2. The minimum atomic E-state index is -0.149. The van der Waals surface area contributed by atoms with E-state index in [0.29, 0.717) is 12.5 Å². The van der Waals surface area contributed by atoms with Gasteiger partial charge in [-0.05, 0) is 43.5 Å². The SMILES string of the molecule is COc1cccc(N2CC[C@H](CNC(=O)Nc3ccc(C)cc3)C2)c1. The summed E-state index contributed by atoms with van der Waals surface area (Å²) in [5.41, 5.74) is 3.16. The first-order valence-electron chi connectivity index (χ1n) is 8.64. The van der Waals surface area contributed by atoms with Crippen molar-refractivity contribution < 1.29 is 9.53 Å². The fourth-order valence-corrected chi connectivity index (χ4v) is 3.09. The molecule has 1 heterocycles. The first-order chi connectivity index (χ1) is 12.1. The highest BCUT2D eigenvalue weighted by Crippen LogP contribution is 2.26. The van der Waals surface area contributed by atoms with Crippen LogP contribution in [0.5, 0.6) is 5.75 Å². The van der Waals surface area contributed by atoms with E-state index in [1.807, 2.05) is 43.3 Å². The molecule has 0 aliphatic carbocycles. The molecule has 5 heteroatoms. The number of carbonyl (C=O) groups excluding carboxylic acids is 1. The predicted octanol–water partition coefficient (Wildman–Crippen LogP) is 3.65. The van der Waals surface area contributed by atoms with E-state index in [4.69, 9.17) is 4.74 Å². The summed E-state index contributed by atoms with van der Waals surface area (Å²) in [5, 5.41) is 5.85. The molecule has 0 spiro atoms. The Kier molecular flexibility index (Phi) is 5.43. The first kappa shape index (κ1) is 17.1. The third kappa shape index (κ3) is 4.66. The summed E-state index contributed by atoms with van der Waals surface area (Å²) in [5.74, 6) is 1.33. The number of aryl methyl sites for hydroxylation is 1. The number of carbonyl (C=O) groups is 1. The van der Waals surface area contributed by atoms with Crippen LogP contribution in [0.4, 0.5) is 16.2 Å². The highest BCUT2D eigenvalue weighted by molar-refractivity contribution is 5.89. The largest absolute Gasteiger partial charge is 0.497 e. The van der Waals surface area contributed by atoms with Crippen molar-refractivity contribution in [2.75, 3.05) is 37.0 Å². The highest BCUT2D eigenvalue weighted by Gasteiger charge is 2.23. The standard InChI is InChI=1S/C20H25N3O2/c1-15-6-8-17(9-7-15)22-20(24)21-13-16-10-11-23(14-16)18-4-3-5-19(12-18)25-2/h3-9,12,16H,10-11,13-14H2,1-2H3,(H2,21,22,24)/t16-/m1/s1. The number of methoxy groups -OCH3 is 1. The molecule has 1 saturated heterocycles.